The summed E-state index contributed by atoms with van der Waals surface area (Å²) in [5, 5.41) is 3.15. The molecule has 0 bridgehead atoms. The van der Waals surface area contributed by atoms with E-state index in [-0.39, 0.29) is 24.5 Å². The largest absolute Gasteiger partial charge is 0.368 e. The van der Waals surface area contributed by atoms with E-state index < -0.39 is 5.91 Å². The van der Waals surface area contributed by atoms with Gasteiger partial charge in [-0.1, -0.05) is 13.8 Å². The van der Waals surface area contributed by atoms with Gasteiger partial charge in [-0.3, -0.25) is 9.59 Å². The molecular formula is C9H17N3O2. The minimum Gasteiger partial charge on any atom is -0.368 e. The molecule has 1 fully saturated rings. The van der Waals surface area contributed by atoms with Gasteiger partial charge in [-0.2, -0.15) is 0 Å². The van der Waals surface area contributed by atoms with Gasteiger partial charge in [-0.05, 0) is 6.42 Å². The van der Waals surface area contributed by atoms with Crippen LogP contribution in [0.5, 0.6) is 0 Å². The summed E-state index contributed by atoms with van der Waals surface area (Å²) < 4.78 is 0. The minimum absolute atomic E-state index is 0.0162. The summed E-state index contributed by atoms with van der Waals surface area (Å²) in [4.78, 5) is 23.8. The maximum Gasteiger partial charge on any atom is 0.240 e. The monoisotopic (exact) mass is 199 g/mol. The number of likely N-dealkylation sites (tertiary alicyclic amines) is 1. The van der Waals surface area contributed by atoms with Crippen LogP contribution in [0, 0.1) is 0 Å². The van der Waals surface area contributed by atoms with Crippen LogP contribution in [0.1, 0.15) is 20.3 Å². The number of primary amides is 1. The van der Waals surface area contributed by atoms with Crippen molar-refractivity contribution in [2.75, 3.05) is 13.1 Å². The van der Waals surface area contributed by atoms with Gasteiger partial charge < -0.3 is 16.0 Å². The first-order valence-electron chi connectivity index (χ1n) is 4.84. The van der Waals surface area contributed by atoms with Crippen molar-refractivity contribution in [3.63, 3.8) is 0 Å². The number of nitrogens with two attached hydrogens (primary N) is 1. The van der Waals surface area contributed by atoms with E-state index in [1.807, 2.05) is 13.8 Å². The lowest BCUT2D eigenvalue weighted by atomic mass is 10.2. The Morgan fingerprint density at radius 2 is 2.36 bits per heavy atom. The molecule has 1 heterocycles. The average Bonchev–Trinajstić information content (AvgIpc) is 2.34. The SMILES string of the molecule is CC(C)NC1CCN(CC(N)=O)C1=O. The van der Waals surface area contributed by atoms with Crippen molar-refractivity contribution in [3.05, 3.63) is 0 Å². The number of carbonyl (C=O) groups is 2. The highest BCUT2D eigenvalue weighted by Gasteiger charge is 2.32. The first-order chi connectivity index (χ1) is 6.50. The van der Waals surface area contributed by atoms with Crippen molar-refractivity contribution < 1.29 is 9.59 Å². The number of nitrogens with one attached hydrogen (secondary N) is 1. The first kappa shape index (κ1) is 11.0. The topological polar surface area (TPSA) is 75.4 Å². The highest BCUT2D eigenvalue weighted by molar-refractivity contribution is 5.88. The molecule has 1 rings (SSSR count). The van der Waals surface area contributed by atoms with Crippen molar-refractivity contribution in [1.82, 2.24) is 10.2 Å². The normalized spacial score (nSPS) is 22.1. The second kappa shape index (κ2) is 4.41. The fourth-order valence-corrected chi connectivity index (χ4v) is 1.64. The standard InChI is InChI=1S/C9H17N3O2/c1-6(2)11-7-3-4-12(9(7)14)5-8(10)13/h6-7,11H,3-5H2,1-2H3,(H2,10,13). The molecule has 1 unspecified atom stereocenters. The number of hydrogen-bond acceptors (Lipinski definition) is 3. The molecule has 0 spiro atoms. The molecule has 0 aromatic heterocycles. The zero-order valence-corrected chi connectivity index (χ0v) is 8.62. The summed E-state index contributed by atoms with van der Waals surface area (Å²) in [5.41, 5.74) is 5.03. The molecule has 80 valence electrons. The Morgan fingerprint density at radius 1 is 1.71 bits per heavy atom. The van der Waals surface area contributed by atoms with Gasteiger partial charge in [0.25, 0.3) is 0 Å². The third-order valence-electron chi connectivity index (χ3n) is 2.18. The number of hydrogen-bond donors (Lipinski definition) is 2. The van der Waals surface area contributed by atoms with Crippen LogP contribution in [-0.4, -0.2) is 41.9 Å². The Hall–Kier alpha value is -1.10. The molecule has 0 radical (unpaired) electrons. The third-order valence-corrected chi connectivity index (χ3v) is 2.18. The van der Waals surface area contributed by atoms with Gasteiger partial charge in [0.2, 0.25) is 11.8 Å². The third kappa shape index (κ3) is 2.70. The van der Waals surface area contributed by atoms with E-state index >= 15 is 0 Å². The predicted molar refractivity (Wildman–Crippen MR) is 52.5 cm³/mol. The van der Waals surface area contributed by atoms with Gasteiger partial charge in [0.1, 0.15) is 0 Å². The number of amides is 2. The van der Waals surface area contributed by atoms with Crippen LogP contribution in [-0.2, 0) is 9.59 Å². The van der Waals surface area contributed by atoms with Gasteiger partial charge in [0, 0.05) is 12.6 Å². The number of rotatable bonds is 4. The van der Waals surface area contributed by atoms with Gasteiger partial charge in [-0.15, -0.1) is 0 Å². The molecule has 0 aromatic carbocycles. The zero-order chi connectivity index (χ0) is 10.7. The van der Waals surface area contributed by atoms with E-state index in [2.05, 4.69) is 5.32 Å². The Bertz CT molecular complexity index is 240. The highest BCUT2D eigenvalue weighted by Crippen LogP contribution is 2.10. The smallest absolute Gasteiger partial charge is 0.240 e. The minimum atomic E-state index is -0.455. The van der Waals surface area contributed by atoms with Gasteiger partial charge in [0.15, 0.2) is 0 Å². The molecule has 2 amide bonds. The molecule has 1 aliphatic rings. The maximum atomic E-state index is 11.6. The van der Waals surface area contributed by atoms with Crippen molar-refractivity contribution >= 4 is 11.8 Å². The summed E-state index contributed by atoms with van der Waals surface area (Å²) in [6.45, 7) is 4.63. The molecule has 3 N–H and O–H groups in total. The molecule has 0 aromatic rings. The number of nitrogens with zero attached hydrogens (tertiary/aromatic N) is 1. The van der Waals surface area contributed by atoms with Crippen LogP contribution in [0.2, 0.25) is 0 Å². The zero-order valence-electron chi connectivity index (χ0n) is 8.62. The highest BCUT2D eigenvalue weighted by atomic mass is 16.2. The van der Waals surface area contributed by atoms with Crippen molar-refractivity contribution in [2.24, 2.45) is 5.73 Å². The molecule has 1 aliphatic heterocycles. The van der Waals surface area contributed by atoms with Gasteiger partial charge >= 0.3 is 0 Å². The number of carbonyl (C=O) groups excluding carboxylic acids is 2. The van der Waals surface area contributed by atoms with Crippen LogP contribution >= 0.6 is 0 Å². The molecule has 0 aliphatic carbocycles. The van der Waals surface area contributed by atoms with E-state index in [9.17, 15) is 9.59 Å². The van der Waals surface area contributed by atoms with E-state index in [0.29, 0.717) is 6.54 Å². The fraction of sp³-hybridized carbons (Fsp3) is 0.778. The lowest BCUT2D eigenvalue weighted by molar-refractivity contribution is -0.133. The predicted octanol–water partition coefficient (Wildman–Crippen LogP) is -0.929. The second-order valence-corrected chi connectivity index (χ2v) is 3.89. The quantitative estimate of drug-likeness (QED) is 0.614. The summed E-state index contributed by atoms with van der Waals surface area (Å²) in [5.74, 6) is -0.471. The van der Waals surface area contributed by atoms with Gasteiger partial charge in [-0.25, -0.2) is 0 Å². The summed E-state index contributed by atoms with van der Waals surface area (Å²) in [6.07, 6.45) is 0.754. The average molecular weight is 199 g/mol. The molecule has 1 atom stereocenters. The first-order valence-corrected chi connectivity index (χ1v) is 4.84. The van der Waals surface area contributed by atoms with Crippen LogP contribution in [0.4, 0.5) is 0 Å². The molecular weight excluding hydrogens is 182 g/mol. The van der Waals surface area contributed by atoms with E-state index in [1.54, 1.807) is 0 Å². The summed E-state index contributed by atoms with van der Waals surface area (Å²) >= 11 is 0. The Labute approximate surface area is 83.6 Å². The molecule has 5 nitrogen and oxygen atoms in total. The van der Waals surface area contributed by atoms with Crippen LogP contribution in [0.3, 0.4) is 0 Å². The van der Waals surface area contributed by atoms with Crippen molar-refractivity contribution in [1.29, 1.82) is 0 Å². The molecule has 0 saturated carbocycles. The van der Waals surface area contributed by atoms with E-state index in [4.69, 9.17) is 5.73 Å². The summed E-state index contributed by atoms with van der Waals surface area (Å²) in [7, 11) is 0. The fourth-order valence-electron chi connectivity index (χ4n) is 1.64. The second-order valence-electron chi connectivity index (χ2n) is 3.89. The Morgan fingerprint density at radius 3 is 2.86 bits per heavy atom. The van der Waals surface area contributed by atoms with E-state index in [0.717, 1.165) is 6.42 Å². The Balaban J connectivity index is 2.47. The molecule has 1 saturated heterocycles. The maximum absolute atomic E-state index is 11.6. The Kier molecular flexibility index (Phi) is 3.46. The van der Waals surface area contributed by atoms with Crippen LogP contribution in [0.15, 0.2) is 0 Å². The van der Waals surface area contributed by atoms with Crippen LogP contribution in [0.25, 0.3) is 0 Å². The van der Waals surface area contributed by atoms with Crippen molar-refractivity contribution in [3.8, 4) is 0 Å². The van der Waals surface area contributed by atoms with Gasteiger partial charge in [0.05, 0.1) is 12.6 Å². The van der Waals surface area contributed by atoms with E-state index in [1.165, 1.54) is 4.90 Å². The molecule has 5 heteroatoms. The molecule has 14 heavy (non-hydrogen) atoms. The lowest BCUT2D eigenvalue weighted by Crippen LogP contribution is -2.43. The van der Waals surface area contributed by atoms with Crippen molar-refractivity contribution in [2.45, 2.75) is 32.4 Å². The summed E-state index contributed by atoms with van der Waals surface area (Å²) in [6, 6.07) is 0.131. The van der Waals surface area contributed by atoms with Crippen LogP contribution < -0.4 is 11.1 Å². The lowest BCUT2D eigenvalue weighted by Gasteiger charge is -2.16.